The highest BCUT2D eigenvalue weighted by molar-refractivity contribution is 6.31. The lowest BCUT2D eigenvalue weighted by Crippen LogP contribution is -2.50. The van der Waals surface area contributed by atoms with E-state index in [1.807, 2.05) is 6.92 Å². The van der Waals surface area contributed by atoms with Gasteiger partial charge in [-0.2, -0.15) is 0 Å². The number of halogens is 2. The van der Waals surface area contributed by atoms with Gasteiger partial charge < -0.3 is 20.1 Å². The monoisotopic (exact) mass is 426 g/mol. The van der Waals surface area contributed by atoms with Gasteiger partial charge in [0.15, 0.2) is 5.96 Å². The molecule has 0 amide bonds. The molecule has 0 radical (unpaired) electrons. The molecule has 6 nitrogen and oxygen atoms in total. The maximum absolute atomic E-state index is 14.7. The van der Waals surface area contributed by atoms with Crippen molar-refractivity contribution in [1.29, 1.82) is 0 Å². The molecule has 2 saturated heterocycles. The SMILES string of the molecule is CN=C(NCC(c1c(F)cccc1Cl)N1CCOC(C)C1)NCC1(C)CCCO1. The van der Waals surface area contributed by atoms with Crippen LogP contribution in [0.25, 0.3) is 0 Å². The van der Waals surface area contributed by atoms with Crippen molar-refractivity contribution in [3.63, 3.8) is 0 Å². The molecule has 3 unspecified atom stereocenters. The van der Waals surface area contributed by atoms with Gasteiger partial charge in [0.1, 0.15) is 5.82 Å². The van der Waals surface area contributed by atoms with Crippen LogP contribution in [0, 0.1) is 5.82 Å². The smallest absolute Gasteiger partial charge is 0.191 e. The standard InChI is InChI=1S/C21H32ClFN4O2/c1-15-13-27(9-11-28-15)18(19-16(22)6-4-7-17(19)23)12-25-20(24-3)26-14-21(2)8-5-10-29-21/h4,6-7,15,18H,5,8-14H2,1-3H3,(H2,24,25,26). The first-order valence-electron chi connectivity index (χ1n) is 10.3. The molecule has 0 aliphatic carbocycles. The minimum atomic E-state index is -0.293. The number of nitrogens with zero attached hydrogens (tertiary/aromatic N) is 2. The molecule has 2 fully saturated rings. The Bertz CT molecular complexity index is 692. The number of guanidine groups is 1. The predicted octanol–water partition coefficient (Wildman–Crippen LogP) is 2.98. The summed E-state index contributed by atoms with van der Waals surface area (Å²) in [5.74, 6) is 0.374. The van der Waals surface area contributed by atoms with Crippen LogP contribution in [0.1, 0.15) is 38.3 Å². The molecule has 0 saturated carbocycles. The average Bonchev–Trinajstić information content (AvgIpc) is 3.13. The molecule has 0 bridgehead atoms. The maximum atomic E-state index is 14.7. The van der Waals surface area contributed by atoms with E-state index in [0.29, 0.717) is 36.2 Å². The van der Waals surface area contributed by atoms with E-state index in [1.165, 1.54) is 6.07 Å². The summed E-state index contributed by atoms with van der Waals surface area (Å²) in [6.45, 7) is 8.14. The van der Waals surface area contributed by atoms with E-state index in [4.69, 9.17) is 21.1 Å². The Morgan fingerprint density at radius 2 is 2.24 bits per heavy atom. The number of hydrogen-bond acceptors (Lipinski definition) is 4. The lowest BCUT2D eigenvalue weighted by molar-refractivity contribution is -0.0343. The van der Waals surface area contributed by atoms with Gasteiger partial charge in [0.2, 0.25) is 0 Å². The quantitative estimate of drug-likeness (QED) is 0.541. The van der Waals surface area contributed by atoms with Crippen molar-refractivity contribution in [3.8, 4) is 0 Å². The van der Waals surface area contributed by atoms with Crippen LogP contribution in [-0.4, -0.2) is 69.0 Å². The average molecular weight is 427 g/mol. The van der Waals surface area contributed by atoms with Crippen LogP contribution in [0.15, 0.2) is 23.2 Å². The molecule has 3 rings (SSSR count). The Hall–Kier alpha value is -1.41. The van der Waals surface area contributed by atoms with Gasteiger partial charge in [-0.15, -0.1) is 0 Å². The molecule has 2 heterocycles. The molecule has 0 aromatic heterocycles. The predicted molar refractivity (Wildman–Crippen MR) is 114 cm³/mol. The Labute approximate surface area is 177 Å². The van der Waals surface area contributed by atoms with Crippen LogP contribution >= 0.6 is 11.6 Å². The molecule has 1 aromatic carbocycles. The second kappa shape index (κ2) is 10.1. The summed E-state index contributed by atoms with van der Waals surface area (Å²) in [5, 5.41) is 7.13. The number of rotatable bonds is 6. The highest BCUT2D eigenvalue weighted by atomic mass is 35.5. The van der Waals surface area contributed by atoms with Crippen molar-refractivity contribution in [2.75, 3.05) is 46.4 Å². The fourth-order valence-corrected chi connectivity index (χ4v) is 4.32. The summed E-state index contributed by atoms with van der Waals surface area (Å²) in [4.78, 5) is 6.54. The Morgan fingerprint density at radius 1 is 1.41 bits per heavy atom. The molecule has 162 valence electrons. The van der Waals surface area contributed by atoms with Crippen LogP contribution in [0.2, 0.25) is 5.02 Å². The second-order valence-corrected chi connectivity index (χ2v) is 8.44. The van der Waals surface area contributed by atoms with E-state index in [-0.39, 0.29) is 23.6 Å². The van der Waals surface area contributed by atoms with Gasteiger partial charge in [-0.1, -0.05) is 17.7 Å². The van der Waals surface area contributed by atoms with E-state index in [1.54, 1.807) is 19.2 Å². The highest BCUT2D eigenvalue weighted by Gasteiger charge is 2.31. The third-order valence-corrected chi connectivity index (χ3v) is 5.99. The van der Waals surface area contributed by atoms with Crippen molar-refractivity contribution in [2.45, 2.75) is 44.4 Å². The lowest BCUT2D eigenvalue weighted by Gasteiger charge is -2.38. The van der Waals surface area contributed by atoms with Gasteiger partial charge in [0.25, 0.3) is 0 Å². The molecular formula is C21H32ClFN4O2. The zero-order valence-corrected chi connectivity index (χ0v) is 18.3. The van der Waals surface area contributed by atoms with Gasteiger partial charge >= 0.3 is 0 Å². The fourth-order valence-electron chi connectivity index (χ4n) is 4.03. The Kier molecular flexibility index (Phi) is 7.73. The molecule has 29 heavy (non-hydrogen) atoms. The molecule has 2 aliphatic rings. The van der Waals surface area contributed by atoms with Crippen molar-refractivity contribution in [1.82, 2.24) is 15.5 Å². The van der Waals surface area contributed by atoms with E-state index in [9.17, 15) is 4.39 Å². The van der Waals surface area contributed by atoms with Crippen molar-refractivity contribution < 1.29 is 13.9 Å². The zero-order chi connectivity index (χ0) is 20.9. The van der Waals surface area contributed by atoms with Gasteiger partial charge in [-0.3, -0.25) is 9.89 Å². The first kappa shape index (κ1) is 22.3. The highest BCUT2D eigenvalue weighted by Crippen LogP contribution is 2.31. The van der Waals surface area contributed by atoms with E-state index < -0.39 is 0 Å². The first-order chi connectivity index (χ1) is 13.9. The Balaban J connectivity index is 1.70. The third-order valence-electron chi connectivity index (χ3n) is 5.66. The van der Waals surface area contributed by atoms with Crippen LogP contribution in [0.4, 0.5) is 4.39 Å². The van der Waals surface area contributed by atoms with E-state index in [2.05, 4.69) is 27.4 Å². The number of morpholine rings is 1. The molecule has 1 aromatic rings. The van der Waals surface area contributed by atoms with Crippen LogP contribution in [0.3, 0.4) is 0 Å². The summed E-state index contributed by atoms with van der Waals surface area (Å²) in [6.07, 6.45) is 2.19. The first-order valence-corrected chi connectivity index (χ1v) is 10.7. The zero-order valence-electron chi connectivity index (χ0n) is 17.5. The van der Waals surface area contributed by atoms with Crippen molar-refractivity contribution in [2.24, 2.45) is 4.99 Å². The number of ether oxygens (including phenoxy) is 2. The molecule has 3 atom stereocenters. The Morgan fingerprint density at radius 3 is 2.90 bits per heavy atom. The topological polar surface area (TPSA) is 58.1 Å². The molecule has 8 heteroatoms. The van der Waals surface area contributed by atoms with Crippen molar-refractivity contribution in [3.05, 3.63) is 34.6 Å². The number of hydrogen-bond donors (Lipinski definition) is 2. The van der Waals surface area contributed by atoms with Gasteiger partial charge in [0, 0.05) is 50.4 Å². The molecular weight excluding hydrogens is 395 g/mol. The number of nitrogens with one attached hydrogen (secondary N) is 2. The van der Waals surface area contributed by atoms with E-state index in [0.717, 1.165) is 32.5 Å². The third kappa shape index (κ3) is 5.81. The minimum Gasteiger partial charge on any atom is -0.376 e. The van der Waals surface area contributed by atoms with Gasteiger partial charge in [-0.25, -0.2) is 4.39 Å². The largest absolute Gasteiger partial charge is 0.376 e. The number of benzene rings is 1. The maximum Gasteiger partial charge on any atom is 0.191 e. The summed E-state index contributed by atoms with van der Waals surface area (Å²) in [5.41, 5.74) is 0.336. The second-order valence-electron chi connectivity index (χ2n) is 8.04. The van der Waals surface area contributed by atoms with Crippen molar-refractivity contribution >= 4 is 17.6 Å². The van der Waals surface area contributed by atoms with E-state index >= 15 is 0 Å². The van der Waals surface area contributed by atoms with Gasteiger partial charge in [-0.05, 0) is 38.8 Å². The summed E-state index contributed by atoms with van der Waals surface area (Å²) in [7, 11) is 1.73. The molecule has 2 N–H and O–H groups in total. The summed E-state index contributed by atoms with van der Waals surface area (Å²) in [6, 6.07) is 4.61. The number of aliphatic imine (C=N–C) groups is 1. The van der Waals surface area contributed by atoms with Crippen LogP contribution in [0.5, 0.6) is 0 Å². The fraction of sp³-hybridized carbons (Fsp3) is 0.667. The summed E-state index contributed by atoms with van der Waals surface area (Å²) < 4.78 is 26.2. The molecule has 2 aliphatic heterocycles. The van der Waals surface area contributed by atoms with Crippen LogP contribution in [-0.2, 0) is 9.47 Å². The van der Waals surface area contributed by atoms with Gasteiger partial charge in [0.05, 0.1) is 24.4 Å². The normalized spacial score (nSPS) is 27.1. The minimum absolute atomic E-state index is 0.0914. The van der Waals surface area contributed by atoms with Crippen LogP contribution < -0.4 is 10.6 Å². The molecule has 0 spiro atoms. The lowest BCUT2D eigenvalue weighted by atomic mass is 10.0. The summed E-state index contributed by atoms with van der Waals surface area (Å²) >= 11 is 6.41.